The van der Waals surface area contributed by atoms with Gasteiger partial charge in [0.05, 0.1) is 4.90 Å². The molecule has 0 aromatic carbocycles. The number of carbonyl (C=O) groups is 1. The van der Waals surface area contributed by atoms with Gasteiger partial charge < -0.3 is 9.64 Å². The second kappa shape index (κ2) is 10.0. The molecule has 7 nitrogen and oxygen atoms in total. The molecule has 1 aromatic rings. The van der Waals surface area contributed by atoms with Crippen molar-refractivity contribution in [2.45, 2.75) is 57.1 Å². The monoisotopic (exact) mass is 421 g/mol. The SMILES string of the molecule is C[C@@H]1CN(C(=O)OC(C)(C)C)CCCCN1S(=O)(=O)c1ccccncccc1. The van der Waals surface area contributed by atoms with E-state index in [9.17, 15) is 13.2 Å². The third kappa shape index (κ3) is 6.97. The van der Waals surface area contributed by atoms with Crippen LogP contribution in [0.4, 0.5) is 4.79 Å². The third-order valence-electron chi connectivity index (χ3n) is 4.38. The minimum absolute atomic E-state index is 0.199. The molecule has 29 heavy (non-hydrogen) atoms. The summed E-state index contributed by atoms with van der Waals surface area (Å²) in [6.07, 6.45) is 4.16. The minimum Gasteiger partial charge on any atom is -0.444 e. The lowest BCUT2D eigenvalue weighted by molar-refractivity contribution is 0.0197. The molecule has 0 aliphatic carbocycles. The lowest BCUT2D eigenvalue weighted by Crippen LogP contribution is -2.50. The first-order chi connectivity index (χ1) is 13.6. The van der Waals surface area contributed by atoms with Crippen LogP contribution in [0.2, 0.25) is 0 Å². The van der Waals surface area contributed by atoms with Crippen molar-refractivity contribution in [1.82, 2.24) is 14.2 Å². The van der Waals surface area contributed by atoms with Crippen molar-refractivity contribution in [3.05, 3.63) is 48.8 Å². The van der Waals surface area contributed by atoms with Gasteiger partial charge in [0, 0.05) is 38.1 Å². The van der Waals surface area contributed by atoms with Crippen molar-refractivity contribution in [1.29, 1.82) is 0 Å². The largest absolute Gasteiger partial charge is 0.444 e. The van der Waals surface area contributed by atoms with E-state index in [0.29, 0.717) is 25.9 Å². The summed E-state index contributed by atoms with van der Waals surface area (Å²) in [5.41, 5.74) is -0.594. The van der Waals surface area contributed by atoms with Gasteiger partial charge in [-0.15, -0.1) is 0 Å². The number of nitrogens with zero attached hydrogens (tertiary/aromatic N) is 3. The fraction of sp³-hybridized carbons (Fsp3) is 0.524. The van der Waals surface area contributed by atoms with Gasteiger partial charge in [0.2, 0.25) is 10.0 Å². The van der Waals surface area contributed by atoms with Crippen molar-refractivity contribution < 1.29 is 17.9 Å². The Morgan fingerprint density at radius 3 is 2.24 bits per heavy atom. The smallest absolute Gasteiger partial charge is 0.410 e. The Labute approximate surface area is 174 Å². The topological polar surface area (TPSA) is 79.8 Å². The summed E-state index contributed by atoms with van der Waals surface area (Å²) in [6, 6.07) is 9.42. The normalized spacial score (nSPS) is 18.9. The van der Waals surface area contributed by atoms with E-state index in [-0.39, 0.29) is 17.5 Å². The second-order valence-electron chi connectivity index (χ2n) is 8.05. The van der Waals surface area contributed by atoms with Crippen LogP contribution < -0.4 is 0 Å². The lowest BCUT2D eigenvalue weighted by atomic mass is 10.2. The summed E-state index contributed by atoms with van der Waals surface area (Å²) in [7, 11) is -3.73. The number of rotatable bonds is 2. The summed E-state index contributed by atoms with van der Waals surface area (Å²) in [4.78, 5) is 18.3. The van der Waals surface area contributed by atoms with Crippen LogP contribution in [-0.2, 0) is 14.8 Å². The number of aromatic nitrogens is 1. The van der Waals surface area contributed by atoms with Gasteiger partial charge in [0.1, 0.15) is 5.60 Å². The zero-order chi connectivity index (χ0) is 21.5. The lowest BCUT2D eigenvalue weighted by Gasteiger charge is -2.36. The highest BCUT2D eigenvalue weighted by Crippen LogP contribution is 2.21. The molecule has 0 radical (unpaired) electrons. The quantitative estimate of drug-likeness (QED) is 0.729. The maximum atomic E-state index is 13.4. The van der Waals surface area contributed by atoms with Crippen molar-refractivity contribution >= 4 is 16.1 Å². The van der Waals surface area contributed by atoms with E-state index >= 15 is 0 Å². The molecule has 0 saturated carbocycles. The van der Waals surface area contributed by atoms with Crippen LogP contribution in [0.15, 0.2) is 53.7 Å². The van der Waals surface area contributed by atoms with Crippen molar-refractivity contribution in [3.8, 4) is 0 Å². The molecule has 1 atom stereocenters. The van der Waals surface area contributed by atoms with E-state index < -0.39 is 21.7 Å². The van der Waals surface area contributed by atoms with Gasteiger partial charge in [-0.2, -0.15) is 4.31 Å². The number of ether oxygens (including phenoxy) is 1. The van der Waals surface area contributed by atoms with Gasteiger partial charge >= 0.3 is 6.09 Å². The molecule has 1 aliphatic heterocycles. The Kier molecular flexibility index (Phi) is 7.98. The maximum absolute atomic E-state index is 13.4. The second-order valence-corrected chi connectivity index (χ2v) is 9.94. The molecule has 8 heteroatoms. The van der Waals surface area contributed by atoms with Gasteiger partial charge in [0.15, 0.2) is 0 Å². The fourth-order valence-electron chi connectivity index (χ4n) is 3.05. The third-order valence-corrected chi connectivity index (χ3v) is 6.41. The summed E-state index contributed by atoms with van der Waals surface area (Å²) >= 11 is 0. The van der Waals surface area contributed by atoms with E-state index in [1.165, 1.54) is 4.31 Å². The fourth-order valence-corrected chi connectivity index (χ4v) is 4.74. The Hall–Kier alpha value is -2.19. The van der Waals surface area contributed by atoms with E-state index in [2.05, 4.69) is 4.98 Å². The summed E-state index contributed by atoms with van der Waals surface area (Å²) in [5.74, 6) is 0. The predicted octanol–water partition coefficient (Wildman–Crippen LogP) is 3.62. The van der Waals surface area contributed by atoms with Gasteiger partial charge in [0.25, 0.3) is 0 Å². The molecule has 0 spiro atoms. The first-order valence-electron chi connectivity index (χ1n) is 9.84. The first kappa shape index (κ1) is 23.1. The van der Waals surface area contributed by atoms with E-state index in [1.807, 2.05) is 27.7 Å². The van der Waals surface area contributed by atoms with Gasteiger partial charge in [-0.1, -0.05) is 12.1 Å². The Morgan fingerprint density at radius 1 is 1.07 bits per heavy atom. The molecule has 0 unspecified atom stereocenters. The number of carbonyl (C=O) groups excluding carboxylic acids is 1. The van der Waals surface area contributed by atoms with Crippen LogP contribution in [0.25, 0.3) is 0 Å². The molecule has 1 fully saturated rings. The highest BCUT2D eigenvalue weighted by atomic mass is 32.2. The number of sulfonamides is 1. The number of hydrogen-bond donors (Lipinski definition) is 0. The highest BCUT2D eigenvalue weighted by Gasteiger charge is 2.33. The molecule has 2 heterocycles. The molecule has 1 aromatic heterocycles. The van der Waals surface area contributed by atoms with Crippen LogP contribution in [0.3, 0.4) is 0 Å². The van der Waals surface area contributed by atoms with Crippen LogP contribution in [0, 0.1) is 0 Å². The summed E-state index contributed by atoms with van der Waals surface area (Å²) in [5, 5.41) is 0. The predicted molar refractivity (Wildman–Crippen MR) is 112 cm³/mol. The maximum Gasteiger partial charge on any atom is 0.410 e. The van der Waals surface area contributed by atoms with Gasteiger partial charge in [-0.25, -0.2) is 13.2 Å². The molecule has 1 aliphatic rings. The number of amides is 1. The molecule has 160 valence electrons. The number of hydrogen-bond acceptors (Lipinski definition) is 5. The van der Waals surface area contributed by atoms with E-state index in [0.717, 1.165) is 0 Å². The molecule has 1 amide bonds. The Balaban J connectivity index is 2.30. The molecule has 0 N–H and O–H groups in total. The zero-order valence-electron chi connectivity index (χ0n) is 17.6. The standard InChI is InChI=1S/C21H31N3O4S/c1-18-17-23(20(25)28-21(2,3)4)15-9-10-16-24(18)29(26,27)19-11-5-7-13-22-14-8-6-12-19/h5-8,11-14,18H,9-10,15-17H2,1-4H3/t18-/m1/s1. The highest BCUT2D eigenvalue weighted by molar-refractivity contribution is 7.89. The van der Waals surface area contributed by atoms with Crippen LogP contribution in [-0.4, -0.2) is 60.0 Å². The minimum atomic E-state index is -3.73. The molecule has 0 bridgehead atoms. The van der Waals surface area contributed by atoms with Crippen molar-refractivity contribution in [2.75, 3.05) is 19.6 Å². The molecule has 2 rings (SSSR count). The molecular formula is C21H31N3O4S. The van der Waals surface area contributed by atoms with Crippen LogP contribution in [0.1, 0.15) is 40.5 Å². The van der Waals surface area contributed by atoms with Crippen LogP contribution in [0.5, 0.6) is 0 Å². The summed E-state index contributed by atoms with van der Waals surface area (Å²) < 4.78 is 33.7. The zero-order valence-corrected chi connectivity index (χ0v) is 18.4. The Bertz CT molecular complexity index is 826. The molecule has 1 saturated heterocycles. The van der Waals surface area contributed by atoms with Crippen molar-refractivity contribution in [3.63, 3.8) is 0 Å². The average Bonchev–Trinajstić information content (AvgIpc) is 2.60. The molecular weight excluding hydrogens is 390 g/mol. The van der Waals surface area contributed by atoms with E-state index in [1.54, 1.807) is 53.7 Å². The van der Waals surface area contributed by atoms with Gasteiger partial charge in [-0.3, -0.25) is 4.98 Å². The Morgan fingerprint density at radius 2 is 1.66 bits per heavy atom. The van der Waals surface area contributed by atoms with Gasteiger partial charge in [-0.05, 0) is 64.8 Å². The average molecular weight is 422 g/mol. The van der Waals surface area contributed by atoms with Crippen molar-refractivity contribution in [2.24, 2.45) is 0 Å². The summed E-state index contributed by atoms with van der Waals surface area (Å²) in [6.45, 7) is 8.54. The van der Waals surface area contributed by atoms with E-state index in [4.69, 9.17) is 4.74 Å². The van der Waals surface area contributed by atoms with Crippen LogP contribution >= 0.6 is 0 Å². The first-order valence-corrected chi connectivity index (χ1v) is 11.3.